The van der Waals surface area contributed by atoms with Crippen LogP contribution in [0.2, 0.25) is 0 Å². The van der Waals surface area contributed by atoms with Crippen molar-refractivity contribution in [2.75, 3.05) is 40.0 Å². The second kappa shape index (κ2) is 11.3. The van der Waals surface area contributed by atoms with E-state index in [-0.39, 0.29) is 16.8 Å². The zero-order chi connectivity index (χ0) is 24.8. The van der Waals surface area contributed by atoms with Gasteiger partial charge in [-0.05, 0) is 60.3 Å². The summed E-state index contributed by atoms with van der Waals surface area (Å²) in [7, 11) is 1.54. The summed E-state index contributed by atoms with van der Waals surface area (Å²) in [4.78, 5) is 39.6. The first-order valence-corrected chi connectivity index (χ1v) is 12.0. The van der Waals surface area contributed by atoms with Crippen molar-refractivity contribution >= 4 is 52.1 Å². The highest BCUT2D eigenvalue weighted by Gasteiger charge is 2.33. The van der Waals surface area contributed by atoms with Gasteiger partial charge in [-0.3, -0.25) is 19.8 Å². The van der Waals surface area contributed by atoms with Gasteiger partial charge in [0.2, 0.25) is 0 Å². The molecule has 35 heavy (non-hydrogen) atoms. The number of amides is 3. The Bertz CT molecular complexity index is 1140. The molecule has 0 atom stereocenters. The van der Waals surface area contributed by atoms with Crippen molar-refractivity contribution in [3.05, 3.63) is 64.6 Å². The molecular weight excluding hydrogens is 490 g/mol. The van der Waals surface area contributed by atoms with Crippen LogP contribution in [0.25, 0.3) is 6.08 Å². The standard InChI is InChI=1S/C24H23N3O6S2/c1-31-18-8-4-17(5-9-18)22(29)25-27-23(30)20(35-24(27)34)14-16-2-6-19(7-3-16)33-15-21(28)26-10-12-32-13-11-26/h2-9,14H,10-13,15H2,1H3,(H,25,29)/b20-14+. The number of thioether (sulfide) groups is 1. The van der Waals surface area contributed by atoms with Gasteiger partial charge in [-0.15, -0.1) is 0 Å². The van der Waals surface area contributed by atoms with Crippen molar-refractivity contribution in [1.82, 2.24) is 15.3 Å². The fourth-order valence-corrected chi connectivity index (χ4v) is 4.51. The molecular formula is C24H23N3O6S2. The van der Waals surface area contributed by atoms with Crippen molar-refractivity contribution in [2.24, 2.45) is 0 Å². The number of carbonyl (C=O) groups is 3. The maximum atomic E-state index is 12.8. The van der Waals surface area contributed by atoms with Crippen molar-refractivity contribution in [3.63, 3.8) is 0 Å². The Morgan fingerprint density at radius 2 is 1.74 bits per heavy atom. The van der Waals surface area contributed by atoms with E-state index in [4.69, 9.17) is 26.4 Å². The van der Waals surface area contributed by atoms with Crippen LogP contribution in [-0.4, -0.2) is 72.0 Å². The number of hydrogen-bond acceptors (Lipinski definition) is 8. The molecule has 0 aliphatic carbocycles. The minimum Gasteiger partial charge on any atom is -0.497 e. The van der Waals surface area contributed by atoms with Crippen molar-refractivity contribution in [3.8, 4) is 11.5 Å². The topological polar surface area (TPSA) is 97.4 Å². The summed E-state index contributed by atoms with van der Waals surface area (Å²) in [6, 6.07) is 13.5. The Balaban J connectivity index is 1.34. The van der Waals surface area contributed by atoms with Crippen LogP contribution >= 0.6 is 24.0 Å². The lowest BCUT2D eigenvalue weighted by Gasteiger charge is -2.26. The molecule has 0 spiro atoms. The smallest absolute Gasteiger partial charge is 0.285 e. The Kier molecular flexibility index (Phi) is 8.01. The Labute approximate surface area is 212 Å². The van der Waals surface area contributed by atoms with E-state index in [0.717, 1.165) is 22.3 Å². The lowest BCUT2D eigenvalue weighted by atomic mass is 10.2. The molecule has 0 unspecified atom stereocenters. The summed E-state index contributed by atoms with van der Waals surface area (Å²) in [6.07, 6.45) is 1.68. The second-order valence-corrected chi connectivity index (χ2v) is 9.21. The number of thiocarbonyl (C=S) groups is 1. The summed E-state index contributed by atoms with van der Waals surface area (Å²) in [5, 5.41) is 1.06. The molecule has 2 aliphatic heterocycles. The molecule has 4 rings (SSSR count). The van der Waals surface area contributed by atoms with Crippen molar-refractivity contribution in [1.29, 1.82) is 0 Å². The van der Waals surface area contributed by atoms with Gasteiger partial charge >= 0.3 is 0 Å². The summed E-state index contributed by atoms with van der Waals surface area (Å²) >= 11 is 6.38. The first kappa shape index (κ1) is 24.7. The maximum absolute atomic E-state index is 12.8. The Hall–Kier alpha value is -3.41. The lowest BCUT2D eigenvalue weighted by Crippen LogP contribution is -2.44. The Morgan fingerprint density at radius 3 is 2.40 bits per heavy atom. The fraction of sp³-hybridized carbons (Fsp3) is 0.250. The van der Waals surface area contributed by atoms with Gasteiger partial charge in [0.05, 0.1) is 25.2 Å². The number of nitrogens with zero attached hydrogens (tertiary/aromatic N) is 2. The van der Waals surface area contributed by atoms with Crippen LogP contribution in [0.4, 0.5) is 0 Å². The van der Waals surface area contributed by atoms with Crippen LogP contribution in [0, 0.1) is 0 Å². The molecule has 0 radical (unpaired) electrons. The molecule has 3 amide bonds. The molecule has 2 heterocycles. The highest BCUT2D eigenvalue weighted by molar-refractivity contribution is 8.26. The number of hydrogen-bond donors (Lipinski definition) is 1. The summed E-state index contributed by atoms with van der Waals surface area (Å²) in [6.45, 7) is 2.17. The number of hydrazine groups is 1. The summed E-state index contributed by atoms with van der Waals surface area (Å²) in [5.74, 6) is 0.202. The van der Waals surface area contributed by atoms with E-state index in [1.54, 1.807) is 59.5 Å². The number of rotatable bonds is 7. The minimum atomic E-state index is -0.460. The van der Waals surface area contributed by atoms with E-state index < -0.39 is 11.8 Å². The van der Waals surface area contributed by atoms with E-state index in [1.807, 2.05) is 0 Å². The monoisotopic (exact) mass is 513 g/mol. The van der Waals surface area contributed by atoms with Gasteiger partial charge in [0, 0.05) is 18.7 Å². The average Bonchev–Trinajstić information content (AvgIpc) is 3.15. The molecule has 0 saturated carbocycles. The zero-order valence-electron chi connectivity index (χ0n) is 18.9. The van der Waals surface area contributed by atoms with Crippen LogP contribution in [0.3, 0.4) is 0 Å². The van der Waals surface area contributed by atoms with Crippen LogP contribution in [0.5, 0.6) is 11.5 Å². The minimum absolute atomic E-state index is 0.0497. The number of benzene rings is 2. The third kappa shape index (κ3) is 6.18. The van der Waals surface area contributed by atoms with E-state index in [9.17, 15) is 14.4 Å². The molecule has 2 fully saturated rings. The van der Waals surface area contributed by atoms with Crippen LogP contribution in [0.1, 0.15) is 15.9 Å². The Morgan fingerprint density at radius 1 is 1.09 bits per heavy atom. The first-order chi connectivity index (χ1) is 16.9. The normalized spacial score (nSPS) is 17.0. The predicted octanol–water partition coefficient (Wildman–Crippen LogP) is 2.48. The van der Waals surface area contributed by atoms with Crippen LogP contribution < -0.4 is 14.9 Å². The second-order valence-electron chi connectivity index (χ2n) is 7.54. The number of methoxy groups -OCH3 is 1. The van der Waals surface area contributed by atoms with Crippen LogP contribution in [-0.2, 0) is 14.3 Å². The molecule has 2 aliphatic rings. The molecule has 1 N–H and O–H groups in total. The van der Waals surface area contributed by atoms with Gasteiger partial charge in [0.25, 0.3) is 17.7 Å². The highest BCUT2D eigenvalue weighted by Crippen LogP contribution is 2.31. The van der Waals surface area contributed by atoms with Gasteiger partial charge in [-0.1, -0.05) is 23.9 Å². The third-order valence-electron chi connectivity index (χ3n) is 5.26. The van der Waals surface area contributed by atoms with E-state index >= 15 is 0 Å². The number of nitrogens with one attached hydrogen (secondary N) is 1. The quantitative estimate of drug-likeness (QED) is 0.446. The van der Waals surface area contributed by atoms with Gasteiger partial charge in [-0.25, -0.2) is 0 Å². The summed E-state index contributed by atoms with van der Waals surface area (Å²) in [5.41, 5.74) is 3.66. The first-order valence-electron chi connectivity index (χ1n) is 10.8. The number of ether oxygens (including phenoxy) is 3. The molecule has 2 aromatic rings. The predicted molar refractivity (Wildman–Crippen MR) is 135 cm³/mol. The molecule has 2 aromatic carbocycles. The van der Waals surface area contributed by atoms with Gasteiger partial charge < -0.3 is 19.1 Å². The molecule has 9 nitrogen and oxygen atoms in total. The zero-order valence-corrected chi connectivity index (χ0v) is 20.5. The average molecular weight is 514 g/mol. The van der Waals surface area contributed by atoms with Crippen molar-refractivity contribution in [2.45, 2.75) is 0 Å². The molecule has 182 valence electrons. The summed E-state index contributed by atoms with van der Waals surface area (Å²) < 4.78 is 16.2. The molecule has 11 heteroatoms. The largest absolute Gasteiger partial charge is 0.497 e. The van der Waals surface area contributed by atoms with E-state index in [2.05, 4.69) is 5.43 Å². The third-order valence-corrected chi connectivity index (χ3v) is 6.57. The van der Waals surface area contributed by atoms with Crippen LogP contribution in [0.15, 0.2) is 53.4 Å². The van der Waals surface area contributed by atoms with Gasteiger partial charge in [0.1, 0.15) is 11.5 Å². The van der Waals surface area contributed by atoms with Gasteiger partial charge in [-0.2, -0.15) is 5.01 Å². The van der Waals surface area contributed by atoms with Crippen molar-refractivity contribution < 1.29 is 28.6 Å². The maximum Gasteiger partial charge on any atom is 0.285 e. The number of morpholine rings is 1. The molecule has 0 aromatic heterocycles. The molecule has 2 saturated heterocycles. The van der Waals surface area contributed by atoms with E-state index in [0.29, 0.717) is 48.3 Å². The SMILES string of the molecule is COc1ccc(C(=O)NN2C(=O)/C(=C\c3ccc(OCC(=O)N4CCOCC4)cc3)SC2=S)cc1. The molecule has 0 bridgehead atoms. The fourth-order valence-electron chi connectivity index (χ4n) is 3.33. The van der Waals surface area contributed by atoms with E-state index in [1.165, 1.54) is 7.11 Å². The number of carbonyl (C=O) groups excluding carboxylic acids is 3. The van der Waals surface area contributed by atoms with Gasteiger partial charge in [0.15, 0.2) is 10.9 Å². The highest BCUT2D eigenvalue weighted by atomic mass is 32.2. The lowest BCUT2D eigenvalue weighted by molar-refractivity contribution is -0.137.